The summed E-state index contributed by atoms with van der Waals surface area (Å²) in [6, 6.07) is 16.3. The Labute approximate surface area is 199 Å². The van der Waals surface area contributed by atoms with Gasteiger partial charge in [0, 0.05) is 25.6 Å². The first-order chi connectivity index (χ1) is 16.4. The van der Waals surface area contributed by atoms with E-state index >= 15 is 0 Å². The average Bonchev–Trinajstić information content (AvgIpc) is 3.10. The molecule has 0 unspecified atom stereocenters. The monoisotopic (exact) mass is 462 g/mol. The van der Waals surface area contributed by atoms with Crippen molar-refractivity contribution in [2.75, 3.05) is 26.2 Å². The summed E-state index contributed by atoms with van der Waals surface area (Å²) < 4.78 is 5.61. The van der Waals surface area contributed by atoms with Gasteiger partial charge in [-0.15, -0.1) is 0 Å². The molecular formula is C27H30N2O5. The predicted molar refractivity (Wildman–Crippen MR) is 126 cm³/mol. The van der Waals surface area contributed by atoms with Crippen molar-refractivity contribution in [1.82, 2.24) is 10.2 Å². The standard InChI is InChI=1S/C27H30N2O5/c1-2-26(24(31)32)16-29(17-26)23(30)27(12-7-13-27)15-28-25(33)34-14-22-20-10-5-3-8-18(20)19-9-4-6-11-21(19)22/h3-6,8-11,22H,2,7,12-17H2,1H3,(H,28,33)(H,31,32). The van der Waals surface area contributed by atoms with Crippen molar-refractivity contribution in [1.29, 1.82) is 0 Å². The minimum atomic E-state index is -0.849. The average molecular weight is 463 g/mol. The van der Waals surface area contributed by atoms with Crippen LogP contribution in [0.1, 0.15) is 49.7 Å². The first-order valence-corrected chi connectivity index (χ1v) is 12.0. The van der Waals surface area contributed by atoms with E-state index in [1.807, 2.05) is 31.2 Å². The fourth-order valence-corrected chi connectivity index (χ4v) is 5.63. The number of carbonyl (C=O) groups excluding carboxylic acids is 2. The second kappa shape index (κ2) is 8.46. The summed E-state index contributed by atoms with van der Waals surface area (Å²) in [4.78, 5) is 38.9. The van der Waals surface area contributed by atoms with Crippen molar-refractivity contribution in [2.45, 2.75) is 38.5 Å². The third-order valence-electron chi connectivity index (χ3n) is 8.08. The lowest BCUT2D eigenvalue weighted by molar-refractivity contribution is -0.173. The van der Waals surface area contributed by atoms with Crippen molar-refractivity contribution in [3.8, 4) is 11.1 Å². The Morgan fingerprint density at radius 2 is 1.59 bits per heavy atom. The van der Waals surface area contributed by atoms with Gasteiger partial charge in [-0.3, -0.25) is 9.59 Å². The van der Waals surface area contributed by atoms with Crippen LogP contribution >= 0.6 is 0 Å². The third kappa shape index (κ3) is 3.54. The number of likely N-dealkylation sites (tertiary alicyclic amines) is 1. The van der Waals surface area contributed by atoms with Crippen LogP contribution in [0.25, 0.3) is 11.1 Å². The molecule has 3 aliphatic rings. The Kier molecular flexibility index (Phi) is 5.58. The molecular weight excluding hydrogens is 432 g/mol. The Balaban J connectivity index is 1.18. The smallest absolute Gasteiger partial charge is 0.407 e. The van der Waals surface area contributed by atoms with Gasteiger partial charge < -0.3 is 20.1 Å². The van der Waals surface area contributed by atoms with E-state index in [9.17, 15) is 19.5 Å². The Bertz CT molecular complexity index is 1090. The molecule has 2 amide bonds. The number of fused-ring (bicyclic) bond motifs is 3. The summed E-state index contributed by atoms with van der Waals surface area (Å²) in [7, 11) is 0. The molecule has 2 aliphatic carbocycles. The summed E-state index contributed by atoms with van der Waals surface area (Å²) >= 11 is 0. The molecule has 0 atom stereocenters. The molecule has 1 heterocycles. The molecule has 2 aromatic carbocycles. The zero-order chi connectivity index (χ0) is 23.9. The third-order valence-corrected chi connectivity index (χ3v) is 8.08. The number of ether oxygens (including phenoxy) is 1. The zero-order valence-electron chi connectivity index (χ0n) is 19.4. The number of hydrogen-bond acceptors (Lipinski definition) is 4. The Morgan fingerprint density at radius 1 is 1.00 bits per heavy atom. The largest absolute Gasteiger partial charge is 0.481 e. The lowest BCUT2D eigenvalue weighted by Crippen LogP contribution is -2.66. The number of amides is 2. The van der Waals surface area contributed by atoms with Crippen LogP contribution in [0.15, 0.2) is 48.5 Å². The topological polar surface area (TPSA) is 95.9 Å². The molecule has 5 rings (SSSR count). The van der Waals surface area contributed by atoms with Gasteiger partial charge in [-0.2, -0.15) is 0 Å². The highest BCUT2D eigenvalue weighted by atomic mass is 16.5. The van der Waals surface area contributed by atoms with Gasteiger partial charge >= 0.3 is 12.1 Å². The highest BCUT2D eigenvalue weighted by Crippen LogP contribution is 2.46. The molecule has 1 saturated carbocycles. The molecule has 0 aromatic heterocycles. The first-order valence-electron chi connectivity index (χ1n) is 12.0. The second-order valence-corrected chi connectivity index (χ2v) is 9.91. The summed E-state index contributed by atoms with van der Waals surface area (Å²) in [5.41, 5.74) is 3.16. The van der Waals surface area contributed by atoms with E-state index in [2.05, 4.69) is 29.6 Å². The molecule has 1 aliphatic heterocycles. The van der Waals surface area contributed by atoms with Gasteiger partial charge in [0.1, 0.15) is 12.0 Å². The molecule has 2 aromatic rings. The molecule has 1 saturated heterocycles. The summed E-state index contributed by atoms with van der Waals surface area (Å²) in [5.74, 6) is -0.918. The number of benzene rings is 2. The maximum atomic E-state index is 13.2. The molecule has 7 nitrogen and oxygen atoms in total. The molecule has 2 fully saturated rings. The maximum absolute atomic E-state index is 13.2. The van der Waals surface area contributed by atoms with Gasteiger partial charge in [-0.25, -0.2) is 4.79 Å². The molecule has 34 heavy (non-hydrogen) atoms. The van der Waals surface area contributed by atoms with Crippen LogP contribution in [-0.4, -0.2) is 54.2 Å². The number of rotatable bonds is 7. The van der Waals surface area contributed by atoms with Crippen molar-refractivity contribution in [2.24, 2.45) is 10.8 Å². The summed E-state index contributed by atoms with van der Waals surface area (Å²) in [5, 5.41) is 12.3. The minimum Gasteiger partial charge on any atom is -0.481 e. The number of carbonyl (C=O) groups is 3. The van der Waals surface area contributed by atoms with Crippen LogP contribution in [0.3, 0.4) is 0 Å². The SMILES string of the molecule is CCC1(C(=O)O)CN(C(=O)C2(CNC(=O)OCC3c4ccccc4-c4ccccc43)CCC2)C1. The van der Waals surface area contributed by atoms with Crippen molar-refractivity contribution >= 4 is 18.0 Å². The fourth-order valence-electron chi connectivity index (χ4n) is 5.63. The fraction of sp³-hybridized carbons (Fsp3) is 0.444. The number of carboxylic acid groups (broad SMARTS) is 1. The van der Waals surface area contributed by atoms with E-state index in [1.165, 1.54) is 11.1 Å². The Hall–Kier alpha value is -3.35. The van der Waals surface area contributed by atoms with Crippen LogP contribution in [0.5, 0.6) is 0 Å². The van der Waals surface area contributed by atoms with E-state index in [0.717, 1.165) is 17.5 Å². The van der Waals surface area contributed by atoms with Gasteiger partial charge in [0.05, 0.1) is 5.41 Å². The maximum Gasteiger partial charge on any atom is 0.407 e. The van der Waals surface area contributed by atoms with Crippen LogP contribution < -0.4 is 5.32 Å². The van der Waals surface area contributed by atoms with Crippen LogP contribution in [-0.2, 0) is 14.3 Å². The Morgan fingerprint density at radius 3 is 2.09 bits per heavy atom. The van der Waals surface area contributed by atoms with Crippen molar-refractivity contribution in [3.63, 3.8) is 0 Å². The molecule has 0 spiro atoms. The number of carboxylic acids is 1. The van der Waals surface area contributed by atoms with Gasteiger partial charge in [0.2, 0.25) is 5.91 Å². The highest BCUT2D eigenvalue weighted by molar-refractivity contribution is 5.88. The van der Waals surface area contributed by atoms with Gasteiger partial charge in [0.25, 0.3) is 0 Å². The molecule has 0 bridgehead atoms. The molecule has 7 heteroatoms. The number of aliphatic carboxylic acids is 1. The second-order valence-electron chi connectivity index (χ2n) is 9.91. The highest BCUT2D eigenvalue weighted by Gasteiger charge is 2.55. The van der Waals surface area contributed by atoms with Crippen LogP contribution in [0.4, 0.5) is 4.79 Å². The predicted octanol–water partition coefficient (Wildman–Crippen LogP) is 4.02. The quantitative estimate of drug-likeness (QED) is 0.648. The van der Waals surface area contributed by atoms with Gasteiger partial charge in [-0.05, 0) is 41.5 Å². The lowest BCUT2D eigenvalue weighted by Gasteiger charge is -2.52. The molecule has 0 radical (unpaired) electrons. The van der Waals surface area contributed by atoms with E-state index in [1.54, 1.807) is 4.90 Å². The summed E-state index contributed by atoms with van der Waals surface area (Å²) in [6.45, 7) is 2.76. The summed E-state index contributed by atoms with van der Waals surface area (Å²) in [6.07, 6.45) is 2.27. The number of nitrogens with one attached hydrogen (secondary N) is 1. The van der Waals surface area contributed by atoms with E-state index in [-0.39, 0.29) is 38.1 Å². The van der Waals surface area contributed by atoms with Crippen molar-refractivity contribution in [3.05, 3.63) is 59.7 Å². The zero-order valence-corrected chi connectivity index (χ0v) is 19.4. The number of hydrogen-bond donors (Lipinski definition) is 2. The minimum absolute atomic E-state index is 0.0169. The van der Waals surface area contributed by atoms with Crippen molar-refractivity contribution < 1.29 is 24.2 Å². The number of alkyl carbamates (subject to hydrolysis) is 1. The van der Waals surface area contributed by atoms with E-state index < -0.39 is 22.9 Å². The van der Waals surface area contributed by atoms with E-state index in [4.69, 9.17) is 4.74 Å². The van der Waals surface area contributed by atoms with Gasteiger partial charge in [-0.1, -0.05) is 61.9 Å². The first kappa shape index (κ1) is 22.4. The van der Waals surface area contributed by atoms with Gasteiger partial charge in [0.15, 0.2) is 0 Å². The van der Waals surface area contributed by atoms with Crippen LogP contribution in [0.2, 0.25) is 0 Å². The normalized spacial score (nSPS) is 19.3. The molecule has 178 valence electrons. The lowest BCUT2D eigenvalue weighted by atomic mass is 9.66. The van der Waals surface area contributed by atoms with Crippen LogP contribution in [0, 0.1) is 10.8 Å². The molecule has 2 N–H and O–H groups in total. The number of nitrogens with zero attached hydrogens (tertiary/aromatic N) is 1. The van der Waals surface area contributed by atoms with E-state index in [0.29, 0.717) is 19.3 Å².